The fourth-order valence-corrected chi connectivity index (χ4v) is 2.01. The van der Waals surface area contributed by atoms with Crippen LogP contribution in [0.2, 0.25) is 5.15 Å². The first kappa shape index (κ1) is 9.03. The SMILES string of the molecule is CCN1CCC(c2ncc(Cl)[nH]2)C1. The van der Waals surface area contributed by atoms with Gasteiger partial charge in [0.05, 0.1) is 6.20 Å². The standard InChI is InChI=1S/C9H14ClN3/c1-2-13-4-3-7(6-13)9-11-5-8(10)12-9/h5,7H,2-4,6H2,1H3,(H,11,12). The fraction of sp³-hybridized carbons (Fsp3) is 0.667. The maximum absolute atomic E-state index is 5.78. The number of aromatic amines is 1. The number of halogens is 1. The molecule has 0 saturated carbocycles. The largest absolute Gasteiger partial charge is 0.333 e. The molecule has 2 heterocycles. The van der Waals surface area contributed by atoms with E-state index >= 15 is 0 Å². The van der Waals surface area contributed by atoms with Crippen molar-refractivity contribution in [2.75, 3.05) is 19.6 Å². The van der Waals surface area contributed by atoms with Gasteiger partial charge in [0.25, 0.3) is 0 Å². The van der Waals surface area contributed by atoms with Crippen molar-refractivity contribution in [3.63, 3.8) is 0 Å². The molecule has 1 fully saturated rings. The minimum absolute atomic E-state index is 0.549. The predicted molar refractivity (Wildman–Crippen MR) is 53.1 cm³/mol. The average Bonchev–Trinajstić information content (AvgIpc) is 2.71. The molecule has 1 saturated heterocycles. The smallest absolute Gasteiger partial charge is 0.126 e. The van der Waals surface area contributed by atoms with Gasteiger partial charge in [-0.2, -0.15) is 0 Å². The summed E-state index contributed by atoms with van der Waals surface area (Å²) in [6, 6.07) is 0. The number of likely N-dealkylation sites (N-methyl/N-ethyl adjacent to an activating group) is 1. The van der Waals surface area contributed by atoms with Gasteiger partial charge >= 0.3 is 0 Å². The minimum atomic E-state index is 0.549. The van der Waals surface area contributed by atoms with Crippen LogP contribution in [0.15, 0.2) is 6.20 Å². The van der Waals surface area contributed by atoms with Gasteiger partial charge in [0.1, 0.15) is 11.0 Å². The van der Waals surface area contributed by atoms with Crippen LogP contribution in [0.4, 0.5) is 0 Å². The van der Waals surface area contributed by atoms with Gasteiger partial charge in [0.2, 0.25) is 0 Å². The third-order valence-electron chi connectivity index (χ3n) is 2.67. The molecule has 4 heteroatoms. The second-order valence-corrected chi connectivity index (χ2v) is 3.90. The number of rotatable bonds is 2. The summed E-state index contributed by atoms with van der Waals surface area (Å²) in [7, 11) is 0. The van der Waals surface area contributed by atoms with Crippen LogP contribution in [0.25, 0.3) is 0 Å². The number of hydrogen-bond donors (Lipinski definition) is 1. The molecule has 0 radical (unpaired) electrons. The van der Waals surface area contributed by atoms with E-state index in [1.807, 2.05) is 0 Å². The Morgan fingerprint density at radius 3 is 3.15 bits per heavy atom. The predicted octanol–water partition coefficient (Wildman–Crippen LogP) is 1.87. The van der Waals surface area contributed by atoms with Crippen LogP contribution < -0.4 is 0 Å². The number of aromatic nitrogens is 2. The maximum atomic E-state index is 5.78. The summed E-state index contributed by atoms with van der Waals surface area (Å²) >= 11 is 5.78. The van der Waals surface area contributed by atoms with Crippen LogP contribution in [-0.2, 0) is 0 Å². The van der Waals surface area contributed by atoms with E-state index in [4.69, 9.17) is 11.6 Å². The molecule has 1 aliphatic rings. The van der Waals surface area contributed by atoms with Crippen LogP contribution in [0.3, 0.4) is 0 Å². The molecule has 1 N–H and O–H groups in total. The van der Waals surface area contributed by atoms with Crippen molar-refractivity contribution in [3.05, 3.63) is 17.2 Å². The monoisotopic (exact) mass is 199 g/mol. The van der Waals surface area contributed by atoms with Crippen LogP contribution in [-0.4, -0.2) is 34.5 Å². The van der Waals surface area contributed by atoms with Crippen LogP contribution in [0.5, 0.6) is 0 Å². The Bertz CT molecular complexity index is 284. The fourth-order valence-electron chi connectivity index (χ4n) is 1.86. The zero-order valence-electron chi connectivity index (χ0n) is 7.76. The van der Waals surface area contributed by atoms with E-state index in [0.717, 1.165) is 18.9 Å². The van der Waals surface area contributed by atoms with E-state index in [-0.39, 0.29) is 0 Å². The molecule has 13 heavy (non-hydrogen) atoms. The van der Waals surface area contributed by atoms with Gasteiger partial charge in [0, 0.05) is 12.5 Å². The van der Waals surface area contributed by atoms with Gasteiger partial charge in [0.15, 0.2) is 0 Å². The molecule has 72 valence electrons. The summed E-state index contributed by atoms with van der Waals surface area (Å²) in [5.41, 5.74) is 0. The van der Waals surface area contributed by atoms with E-state index in [1.165, 1.54) is 13.0 Å². The summed E-state index contributed by atoms with van der Waals surface area (Å²) in [6.07, 6.45) is 2.88. The number of nitrogens with one attached hydrogen (secondary N) is 1. The van der Waals surface area contributed by atoms with Crippen molar-refractivity contribution < 1.29 is 0 Å². The minimum Gasteiger partial charge on any atom is -0.333 e. The molecule has 0 aliphatic carbocycles. The van der Waals surface area contributed by atoms with Crippen LogP contribution in [0.1, 0.15) is 25.1 Å². The van der Waals surface area contributed by atoms with Crippen molar-refractivity contribution in [2.24, 2.45) is 0 Å². The summed E-state index contributed by atoms with van der Waals surface area (Å²) in [5, 5.41) is 0.643. The Hall–Kier alpha value is -0.540. The first-order valence-corrected chi connectivity index (χ1v) is 5.10. The highest BCUT2D eigenvalue weighted by Gasteiger charge is 2.24. The van der Waals surface area contributed by atoms with Gasteiger partial charge in [-0.1, -0.05) is 18.5 Å². The summed E-state index contributed by atoms with van der Waals surface area (Å²) in [5.74, 6) is 1.59. The van der Waals surface area contributed by atoms with E-state index in [1.54, 1.807) is 6.20 Å². The molecular weight excluding hydrogens is 186 g/mol. The van der Waals surface area contributed by atoms with Gasteiger partial charge < -0.3 is 9.88 Å². The number of H-pyrrole nitrogens is 1. The van der Waals surface area contributed by atoms with E-state index in [2.05, 4.69) is 21.8 Å². The third kappa shape index (κ3) is 1.86. The van der Waals surface area contributed by atoms with Gasteiger partial charge in [-0.25, -0.2) is 4.98 Å². The highest BCUT2D eigenvalue weighted by atomic mass is 35.5. The first-order chi connectivity index (χ1) is 6.29. The zero-order chi connectivity index (χ0) is 9.26. The second-order valence-electron chi connectivity index (χ2n) is 3.50. The van der Waals surface area contributed by atoms with Gasteiger partial charge in [-0.15, -0.1) is 0 Å². The third-order valence-corrected chi connectivity index (χ3v) is 2.86. The number of likely N-dealkylation sites (tertiary alicyclic amines) is 1. The lowest BCUT2D eigenvalue weighted by atomic mass is 10.1. The number of nitrogens with zero attached hydrogens (tertiary/aromatic N) is 2. The number of imidazole rings is 1. The van der Waals surface area contributed by atoms with Crippen molar-refractivity contribution in [2.45, 2.75) is 19.3 Å². The molecule has 1 atom stereocenters. The lowest BCUT2D eigenvalue weighted by molar-refractivity contribution is 0.353. The van der Waals surface area contributed by atoms with Crippen molar-refractivity contribution >= 4 is 11.6 Å². The molecule has 0 bridgehead atoms. The van der Waals surface area contributed by atoms with E-state index in [9.17, 15) is 0 Å². The molecule has 1 unspecified atom stereocenters. The Labute approximate surface area is 83.1 Å². The van der Waals surface area contributed by atoms with Gasteiger partial charge in [-0.3, -0.25) is 0 Å². The van der Waals surface area contributed by atoms with Crippen LogP contribution >= 0.6 is 11.6 Å². The summed E-state index contributed by atoms with van der Waals surface area (Å²) in [6.45, 7) is 5.61. The molecular formula is C9H14ClN3. The molecule has 3 nitrogen and oxygen atoms in total. The quantitative estimate of drug-likeness (QED) is 0.789. The lowest BCUT2D eigenvalue weighted by Gasteiger charge is -2.11. The maximum Gasteiger partial charge on any atom is 0.126 e. The highest BCUT2D eigenvalue weighted by Crippen LogP contribution is 2.25. The van der Waals surface area contributed by atoms with Crippen molar-refractivity contribution in [1.82, 2.24) is 14.9 Å². The molecule has 1 aromatic heterocycles. The molecule has 1 aromatic rings. The molecule has 0 aromatic carbocycles. The normalized spacial score (nSPS) is 24.0. The second kappa shape index (κ2) is 3.68. The van der Waals surface area contributed by atoms with E-state index < -0.39 is 0 Å². The zero-order valence-corrected chi connectivity index (χ0v) is 8.51. The van der Waals surface area contributed by atoms with Gasteiger partial charge in [-0.05, 0) is 19.5 Å². The van der Waals surface area contributed by atoms with Crippen molar-refractivity contribution in [3.8, 4) is 0 Å². The first-order valence-electron chi connectivity index (χ1n) is 4.72. The van der Waals surface area contributed by atoms with Crippen molar-refractivity contribution in [1.29, 1.82) is 0 Å². The van der Waals surface area contributed by atoms with E-state index in [0.29, 0.717) is 11.1 Å². The summed E-state index contributed by atoms with van der Waals surface area (Å²) < 4.78 is 0. The highest BCUT2D eigenvalue weighted by molar-refractivity contribution is 6.29. The summed E-state index contributed by atoms with van der Waals surface area (Å²) in [4.78, 5) is 9.77. The Kier molecular flexibility index (Phi) is 2.56. The van der Waals surface area contributed by atoms with Crippen LogP contribution in [0, 0.1) is 0 Å². The Balaban J connectivity index is 2.03. The topological polar surface area (TPSA) is 31.9 Å². The Morgan fingerprint density at radius 2 is 2.62 bits per heavy atom. The number of hydrogen-bond acceptors (Lipinski definition) is 2. The molecule has 2 rings (SSSR count). The molecule has 0 spiro atoms. The average molecular weight is 200 g/mol. The Morgan fingerprint density at radius 1 is 1.77 bits per heavy atom. The lowest BCUT2D eigenvalue weighted by Crippen LogP contribution is -2.19. The molecule has 1 aliphatic heterocycles. The molecule has 0 amide bonds.